The molecule has 0 radical (unpaired) electrons. The lowest BCUT2D eigenvalue weighted by molar-refractivity contribution is -0.139. The first-order valence-electron chi connectivity index (χ1n) is 12.0. The van der Waals surface area contributed by atoms with E-state index >= 15 is 0 Å². The molecule has 1 saturated carbocycles. The molecule has 0 unspecified atom stereocenters. The number of benzene rings is 2. The van der Waals surface area contributed by atoms with E-state index in [4.69, 9.17) is 11.6 Å². The summed E-state index contributed by atoms with van der Waals surface area (Å²) >= 11 is 6.36. The zero-order chi connectivity index (χ0) is 25.6. The Kier molecular flexibility index (Phi) is 9.19. The van der Waals surface area contributed by atoms with Crippen molar-refractivity contribution in [3.63, 3.8) is 0 Å². The fraction of sp³-hybridized carbons (Fsp3) is 0.462. The number of sulfonamides is 1. The third-order valence-electron chi connectivity index (χ3n) is 6.49. The zero-order valence-corrected chi connectivity index (χ0v) is 22.1. The second-order valence-electron chi connectivity index (χ2n) is 9.03. The number of nitrogens with one attached hydrogen (secondary N) is 1. The van der Waals surface area contributed by atoms with Crippen molar-refractivity contribution in [2.75, 3.05) is 17.1 Å². The molecule has 0 aromatic heterocycles. The van der Waals surface area contributed by atoms with Gasteiger partial charge in [-0.2, -0.15) is 0 Å². The first-order valence-corrected chi connectivity index (χ1v) is 14.2. The minimum Gasteiger partial charge on any atom is -0.352 e. The lowest BCUT2D eigenvalue weighted by Gasteiger charge is -2.32. The van der Waals surface area contributed by atoms with Crippen LogP contribution in [0.5, 0.6) is 0 Å². The molecule has 1 aliphatic carbocycles. The first-order chi connectivity index (χ1) is 16.6. The summed E-state index contributed by atoms with van der Waals surface area (Å²) in [5, 5.41) is 3.53. The maximum Gasteiger partial charge on any atom is 0.244 e. The predicted octanol–water partition coefficient (Wildman–Crippen LogP) is 4.14. The van der Waals surface area contributed by atoms with Crippen LogP contribution in [-0.2, 0) is 32.6 Å². The van der Waals surface area contributed by atoms with Gasteiger partial charge in [-0.1, -0.05) is 67.8 Å². The number of para-hydroxylation sites is 1. The Labute approximate surface area is 213 Å². The molecule has 0 spiro atoms. The zero-order valence-electron chi connectivity index (χ0n) is 20.5. The molecule has 190 valence electrons. The average molecular weight is 520 g/mol. The van der Waals surface area contributed by atoms with Crippen molar-refractivity contribution in [1.29, 1.82) is 0 Å². The molecule has 0 bridgehead atoms. The van der Waals surface area contributed by atoms with Gasteiger partial charge in [-0.25, -0.2) is 8.42 Å². The Hall–Kier alpha value is -2.58. The van der Waals surface area contributed by atoms with Crippen LogP contribution in [0.25, 0.3) is 0 Å². The van der Waals surface area contributed by atoms with Gasteiger partial charge in [0.1, 0.15) is 12.6 Å². The van der Waals surface area contributed by atoms with Crippen LogP contribution in [-0.4, -0.2) is 50.0 Å². The fourth-order valence-electron chi connectivity index (χ4n) is 4.43. The van der Waals surface area contributed by atoms with Crippen molar-refractivity contribution < 1.29 is 18.0 Å². The number of amides is 2. The molecule has 3 rings (SSSR count). The monoisotopic (exact) mass is 519 g/mol. The molecule has 7 nitrogen and oxygen atoms in total. The van der Waals surface area contributed by atoms with Gasteiger partial charge in [-0.05, 0) is 49.4 Å². The summed E-state index contributed by atoms with van der Waals surface area (Å²) in [4.78, 5) is 28.2. The molecule has 2 aromatic rings. The molecule has 9 heteroatoms. The van der Waals surface area contributed by atoms with E-state index in [1.54, 1.807) is 37.3 Å². The van der Waals surface area contributed by atoms with Crippen LogP contribution in [0.15, 0.2) is 48.5 Å². The van der Waals surface area contributed by atoms with Gasteiger partial charge in [0, 0.05) is 17.6 Å². The molecule has 1 fully saturated rings. The third-order valence-corrected chi connectivity index (χ3v) is 7.98. The van der Waals surface area contributed by atoms with Crippen molar-refractivity contribution in [2.24, 2.45) is 0 Å². The quantitative estimate of drug-likeness (QED) is 0.511. The highest BCUT2D eigenvalue weighted by atomic mass is 35.5. The Morgan fingerprint density at radius 3 is 2.26 bits per heavy atom. The van der Waals surface area contributed by atoms with Crippen LogP contribution >= 0.6 is 11.6 Å². The van der Waals surface area contributed by atoms with Crippen molar-refractivity contribution >= 4 is 39.1 Å². The second kappa shape index (κ2) is 11.9. The lowest BCUT2D eigenvalue weighted by Crippen LogP contribution is -2.52. The molecular weight excluding hydrogens is 486 g/mol. The largest absolute Gasteiger partial charge is 0.352 e. The summed E-state index contributed by atoms with van der Waals surface area (Å²) in [5.74, 6) is -0.729. The third kappa shape index (κ3) is 6.98. The van der Waals surface area contributed by atoms with Crippen molar-refractivity contribution in [1.82, 2.24) is 10.2 Å². The molecule has 0 heterocycles. The van der Waals surface area contributed by atoms with Gasteiger partial charge in [-0.3, -0.25) is 13.9 Å². The molecule has 2 amide bonds. The van der Waals surface area contributed by atoms with E-state index in [1.165, 1.54) is 4.90 Å². The smallest absolute Gasteiger partial charge is 0.244 e. The SMILES string of the molecule is CCc1ccccc1N(CC(=O)N(Cc1ccccc1Cl)[C@@H](C)C(=O)NC1CCCC1)S(C)(=O)=O. The van der Waals surface area contributed by atoms with Gasteiger partial charge < -0.3 is 10.2 Å². The normalized spacial score (nSPS) is 15.0. The fourth-order valence-corrected chi connectivity index (χ4v) is 5.51. The highest BCUT2D eigenvalue weighted by Gasteiger charge is 2.32. The molecule has 2 aromatic carbocycles. The minimum atomic E-state index is -3.77. The van der Waals surface area contributed by atoms with Crippen LogP contribution < -0.4 is 9.62 Å². The number of anilines is 1. The van der Waals surface area contributed by atoms with Gasteiger partial charge in [0.05, 0.1) is 11.9 Å². The van der Waals surface area contributed by atoms with Crippen molar-refractivity contribution in [2.45, 2.75) is 64.6 Å². The Morgan fingerprint density at radius 1 is 1.06 bits per heavy atom. The van der Waals surface area contributed by atoms with E-state index in [-0.39, 0.29) is 18.5 Å². The highest BCUT2D eigenvalue weighted by Crippen LogP contribution is 2.25. The number of hydrogen-bond acceptors (Lipinski definition) is 4. The number of hydrogen-bond donors (Lipinski definition) is 1. The maximum absolute atomic E-state index is 13.7. The van der Waals surface area contributed by atoms with E-state index in [0.717, 1.165) is 41.8 Å². The van der Waals surface area contributed by atoms with Crippen molar-refractivity contribution in [3.8, 4) is 0 Å². The van der Waals surface area contributed by atoms with E-state index in [9.17, 15) is 18.0 Å². The summed E-state index contributed by atoms with van der Waals surface area (Å²) < 4.78 is 26.6. The number of rotatable bonds is 10. The summed E-state index contributed by atoms with van der Waals surface area (Å²) in [6.07, 6.45) is 5.68. The second-order valence-corrected chi connectivity index (χ2v) is 11.3. The van der Waals surface area contributed by atoms with E-state index in [0.29, 0.717) is 22.7 Å². The van der Waals surface area contributed by atoms with Gasteiger partial charge in [0.15, 0.2) is 0 Å². The summed E-state index contributed by atoms with van der Waals surface area (Å²) in [6.45, 7) is 3.27. The number of nitrogens with zero attached hydrogens (tertiary/aromatic N) is 2. The number of aryl methyl sites for hydroxylation is 1. The molecule has 35 heavy (non-hydrogen) atoms. The molecule has 0 saturated heterocycles. The molecule has 1 N–H and O–H groups in total. The van der Waals surface area contributed by atoms with E-state index < -0.39 is 28.5 Å². The average Bonchev–Trinajstić information content (AvgIpc) is 3.33. The topological polar surface area (TPSA) is 86.8 Å². The number of carbonyl (C=O) groups excluding carboxylic acids is 2. The summed E-state index contributed by atoms with van der Waals surface area (Å²) in [7, 11) is -3.77. The Balaban J connectivity index is 1.91. The van der Waals surface area contributed by atoms with Gasteiger partial charge >= 0.3 is 0 Å². The van der Waals surface area contributed by atoms with Gasteiger partial charge in [0.2, 0.25) is 21.8 Å². The molecule has 0 aliphatic heterocycles. The van der Waals surface area contributed by atoms with Crippen molar-refractivity contribution in [3.05, 3.63) is 64.7 Å². The van der Waals surface area contributed by atoms with Crippen LogP contribution in [0.3, 0.4) is 0 Å². The van der Waals surface area contributed by atoms with Crippen LogP contribution in [0.2, 0.25) is 5.02 Å². The lowest BCUT2D eigenvalue weighted by atomic mass is 10.1. The predicted molar refractivity (Wildman–Crippen MR) is 140 cm³/mol. The van der Waals surface area contributed by atoms with Gasteiger partial charge in [-0.15, -0.1) is 0 Å². The van der Waals surface area contributed by atoms with Crippen LogP contribution in [0.1, 0.15) is 50.7 Å². The first kappa shape index (κ1) is 27.0. The standard InChI is InChI=1S/C26H34ClN3O4S/c1-4-20-11-6-10-16-24(20)30(35(3,33)34)18-25(31)29(17-21-12-5-9-15-23(21)27)19(2)26(32)28-22-13-7-8-14-22/h5-6,9-12,15-16,19,22H,4,7-8,13-14,17-18H2,1-3H3,(H,28,32)/t19-/m0/s1. The molecule has 1 atom stereocenters. The maximum atomic E-state index is 13.7. The minimum absolute atomic E-state index is 0.0881. The number of halogens is 1. The van der Waals surface area contributed by atoms with Crippen LogP contribution in [0, 0.1) is 0 Å². The Bertz CT molecular complexity index is 1150. The van der Waals surface area contributed by atoms with E-state index in [1.807, 2.05) is 25.1 Å². The molecule has 1 aliphatic rings. The Morgan fingerprint density at radius 2 is 1.66 bits per heavy atom. The molecular formula is C26H34ClN3O4S. The number of carbonyl (C=O) groups is 2. The summed E-state index contributed by atoms with van der Waals surface area (Å²) in [5.41, 5.74) is 1.96. The summed E-state index contributed by atoms with van der Waals surface area (Å²) in [6, 6.07) is 13.6. The van der Waals surface area contributed by atoms with Crippen LogP contribution in [0.4, 0.5) is 5.69 Å². The van der Waals surface area contributed by atoms with Gasteiger partial charge in [0.25, 0.3) is 0 Å². The van der Waals surface area contributed by atoms with E-state index in [2.05, 4.69) is 5.32 Å². The highest BCUT2D eigenvalue weighted by molar-refractivity contribution is 7.92.